The summed E-state index contributed by atoms with van der Waals surface area (Å²) in [5, 5.41) is 0.723. The minimum absolute atomic E-state index is 0.171. The first kappa shape index (κ1) is 24.1. The molecular weight excluding hydrogens is 407 g/mol. The molecule has 0 atom stereocenters. The minimum atomic E-state index is -0.171. The van der Waals surface area contributed by atoms with Crippen molar-refractivity contribution < 1.29 is 4.39 Å². The van der Waals surface area contributed by atoms with Crippen molar-refractivity contribution in [2.75, 3.05) is 11.9 Å². The molecule has 3 aromatic carbocycles. The Labute approximate surface area is 190 Å². The molecule has 0 fully saturated rings. The first-order chi connectivity index (χ1) is 14.8. The van der Waals surface area contributed by atoms with E-state index in [9.17, 15) is 4.39 Å². The average molecular weight is 435 g/mol. The van der Waals surface area contributed by atoms with Crippen LogP contribution in [0.15, 0.2) is 90.6 Å². The highest BCUT2D eigenvalue weighted by atomic mass is 35.5. The van der Waals surface area contributed by atoms with E-state index < -0.39 is 0 Å². The zero-order chi connectivity index (χ0) is 22.8. The molecule has 0 bridgehead atoms. The van der Waals surface area contributed by atoms with Gasteiger partial charge < -0.3 is 4.90 Å². The van der Waals surface area contributed by atoms with Crippen molar-refractivity contribution in [2.24, 2.45) is 4.99 Å². The molecule has 2 nitrogen and oxygen atoms in total. The van der Waals surface area contributed by atoms with Crippen LogP contribution in [-0.4, -0.2) is 13.3 Å². The second-order valence-electron chi connectivity index (χ2n) is 7.08. The van der Waals surface area contributed by atoms with Gasteiger partial charge in [-0.25, -0.2) is 4.39 Å². The van der Waals surface area contributed by atoms with Gasteiger partial charge in [0.1, 0.15) is 5.82 Å². The molecule has 0 saturated carbocycles. The predicted octanol–water partition coefficient (Wildman–Crippen LogP) is 8.17. The average Bonchev–Trinajstić information content (AvgIpc) is 2.77. The van der Waals surface area contributed by atoms with Crippen molar-refractivity contribution in [2.45, 2.75) is 20.8 Å². The molecule has 0 amide bonds. The SMILES string of the molecule is C=CN(c1ccc(Cl)cc1)c1cc(/C(C)=C/C=NC)ccc1C.Cc1ccc(F)cc1. The summed E-state index contributed by atoms with van der Waals surface area (Å²) in [5.74, 6) is -0.171. The van der Waals surface area contributed by atoms with Crippen molar-refractivity contribution in [3.8, 4) is 0 Å². The highest BCUT2D eigenvalue weighted by Gasteiger charge is 2.10. The molecule has 0 heterocycles. The Kier molecular flexibility index (Phi) is 9.23. The van der Waals surface area contributed by atoms with Crippen LogP contribution in [0.2, 0.25) is 5.02 Å². The van der Waals surface area contributed by atoms with Crippen molar-refractivity contribution >= 4 is 34.8 Å². The van der Waals surface area contributed by atoms with Crippen LogP contribution in [0.25, 0.3) is 5.57 Å². The molecule has 31 heavy (non-hydrogen) atoms. The Morgan fingerprint density at radius 2 is 1.65 bits per heavy atom. The lowest BCUT2D eigenvalue weighted by Gasteiger charge is -2.23. The quantitative estimate of drug-likeness (QED) is 0.369. The third-order valence-electron chi connectivity index (χ3n) is 4.70. The Bertz CT molecular complexity index is 1030. The molecule has 0 N–H and O–H groups in total. The monoisotopic (exact) mass is 434 g/mol. The summed E-state index contributed by atoms with van der Waals surface area (Å²) in [6.45, 7) is 10.1. The third-order valence-corrected chi connectivity index (χ3v) is 4.95. The molecular formula is C27H28ClFN2. The topological polar surface area (TPSA) is 15.6 Å². The molecule has 3 aromatic rings. The second-order valence-corrected chi connectivity index (χ2v) is 7.52. The lowest BCUT2D eigenvalue weighted by Crippen LogP contribution is -2.09. The van der Waals surface area contributed by atoms with Gasteiger partial charge in [0.2, 0.25) is 0 Å². The number of anilines is 2. The summed E-state index contributed by atoms with van der Waals surface area (Å²) < 4.78 is 12.1. The molecule has 160 valence electrons. The van der Waals surface area contributed by atoms with Gasteiger partial charge in [-0.1, -0.05) is 48.0 Å². The van der Waals surface area contributed by atoms with E-state index in [0.29, 0.717) is 0 Å². The van der Waals surface area contributed by atoms with Gasteiger partial charge in [0, 0.05) is 35.9 Å². The highest BCUT2D eigenvalue weighted by Crippen LogP contribution is 2.32. The van der Waals surface area contributed by atoms with E-state index in [4.69, 9.17) is 11.6 Å². The molecule has 4 heteroatoms. The van der Waals surface area contributed by atoms with Gasteiger partial charge >= 0.3 is 0 Å². The summed E-state index contributed by atoms with van der Waals surface area (Å²) in [4.78, 5) is 6.07. The molecule has 0 unspecified atom stereocenters. The summed E-state index contributed by atoms with van der Waals surface area (Å²) in [5.41, 5.74) is 6.72. The van der Waals surface area contributed by atoms with Gasteiger partial charge in [0.25, 0.3) is 0 Å². The molecule has 0 aliphatic rings. The van der Waals surface area contributed by atoms with E-state index >= 15 is 0 Å². The maximum atomic E-state index is 12.1. The summed E-state index contributed by atoms with van der Waals surface area (Å²) in [6, 6.07) is 20.6. The van der Waals surface area contributed by atoms with Crippen LogP contribution < -0.4 is 4.90 Å². The lowest BCUT2D eigenvalue weighted by molar-refractivity contribution is 0.627. The number of benzene rings is 3. The zero-order valence-electron chi connectivity index (χ0n) is 18.4. The Hall–Kier alpha value is -3.17. The van der Waals surface area contributed by atoms with Crippen LogP contribution in [0.4, 0.5) is 15.8 Å². The molecule has 0 radical (unpaired) electrons. The van der Waals surface area contributed by atoms with Crippen LogP contribution in [0.5, 0.6) is 0 Å². The number of hydrogen-bond acceptors (Lipinski definition) is 2. The molecule has 0 aliphatic carbocycles. The molecule has 0 aromatic heterocycles. The second kappa shape index (κ2) is 11.9. The maximum Gasteiger partial charge on any atom is 0.123 e. The van der Waals surface area contributed by atoms with Crippen molar-refractivity contribution in [3.05, 3.63) is 113 Å². The zero-order valence-corrected chi connectivity index (χ0v) is 19.2. The molecule has 3 rings (SSSR count). The van der Waals surface area contributed by atoms with Crippen molar-refractivity contribution in [3.63, 3.8) is 0 Å². The van der Waals surface area contributed by atoms with E-state index in [1.165, 1.54) is 17.7 Å². The van der Waals surface area contributed by atoms with Gasteiger partial charge in [-0.2, -0.15) is 0 Å². The smallest absolute Gasteiger partial charge is 0.123 e. The first-order valence-electron chi connectivity index (χ1n) is 9.95. The van der Waals surface area contributed by atoms with Gasteiger partial charge in [-0.3, -0.25) is 4.99 Å². The van der Waals surface area contributed by atoms with Crippen LogP contribution >= 0.6 is 11.6 Å². The Balaban J connectivity index is 0.000000357. The Morgan fingerprint density at radius 1 is 1.00 bits per heavy atom. The predicted molar refractivity (Wildman–Crippen MR) is 134 cm³/mol. The maximum absolute atomic E-state index is 12.1. The highest BCUT2D eigenvalue weighted by molar-refractivity contribution is 6.30. The Morgan fingerprint density at radius 3 is 2.19 bits per heavy atom. The number of nitrogens with zero attached hydrogens (tertiary/aromatic N) is 2. The largest absolute Gasteiger partial charge is 0.317 e. The standard InChI is InChI=1S/C20H21ClN2.C7H7F/c1-5-23(19-10-8-18(21)9-11-19)20-14-17(7-6-16(20)3)15(2)12-13-22-4;1-6-2-4-7(8)5-3-6/h5-14H,1H2,2-4H3;2-5H,1H3/b15-12+,22-13?;. The fraction of sp³-hybridized carbons (Fsp3) is 0.148. The van der Waals surface area contributed by atoms with Crippen LogP contribution in [-0.2, 0) is 0 Å². The fourth-order valence-corrected chi connectivity index (χ4v) is 3.00. The van der Waals surface area contributed by atoms with Crippen LogP contribution in [0.3, 0.4) is 0 Å². The van der Waals surface area contributed by atoms with Crippen LogP contribution in [0, 0.1) is 19.7 Å². The number of hydrogen-bond donors (Lipinski definition) is 0. The van der Waals surface area contributed by atoms with Gasteiger partial charge in [-0.15, -0.1) is 0 Å². The number of rotatable bonds is 5. The molecule has 0 saturated heterocycles. The number of aryl methyl sites for hydroxylation is 2. The van der Waals surface area contributed by atoms with E-state index in [1.807, 2.05) is 43.5 Å². The minimum Gasteiger partial charge on any atom is -0.317 e. The number of allylic oxidation sites excluding steroid dienone is 2. The first-order valence-corrected chi connectivity index (χ1v) is 10.3. The van der Waals surface area contributed by atoms with Gasteiger partial charge in [-0.05, 0) is 86.0 Å². The molecule has 0 aliphatic heterocycles. The number of aliphatic imine (C=N–C) groups is 1. The summed E-state index contributed by atoms with van der Waals surface area (Å²) in [7, 11) is 1.77. The fourth-order valence-electron chi connectivity index (χ4n) is 2.87. The van der Waals surface area contributed by atoms with E-state index in [-0.39, 0.29) is 5.82 Å². The van der Waals surface area contributed by atoms with Crippen molar-refractivity contribution in [1.82, 2.24) is 0 Å². The summed E-state index contributed by atoms with van der Waals surface area (Å²) >= 11 is 5.99. The van der Waals surface area contributed by atoms with Crippen LogP contribution in [0.1, 0.15) is 23.6 Å². The van der Waals surface area contributed by atoms with Gasteiger partial charge in [0.15, 0.2) is 0 Å². The summed E-state index contributed by atoms with van der Waals surface area (Å²) in [6.07, 6.45) is 5.64. The molecule has 0 spiro atoms. The van der Waals surface area contributed by atoms with E-state index in [2.05, 4.69) is 48.5 Å². The van der Waals surface area contributed by atoms with E-state index in [1.54, 1.807) is 25.4 Å². The lowest BCUT2D eigenvalue weighted by atomic mass is 10.0. The van der Waals surface area contributed by atoms with Gasteiger partial charge in [0.05, 0.1) is 0 Å². The van der Waals surface area contributed by atoms with Crippen molar-refractivity contribution in [1.29, 1.82) is 0 Å². The van der Waals surface area contributed by atoms with E-state index in [0.717, 1.165) is 33.1 Å². The third kappa shape index (κ3) is 7.23. The number of halogens is 2. The normalized spacial score (nSPS) is 11.1.